The zero-order chi connectivity index (χ0) is 12.1. The van der Waals surface area contributed by atoms with Gasteiger partial charge in [0.15, 0.2) is 0 Å². The molecule has 0 bridgehead atoms. The van der Waals surface area contributed by atoms with E-state index in [1.54, 1.807) is 24.3 Å². The molecule has 0 aliphatic heterocycles. The van der Waals surface area contributed by atoms with E-state index >= 15 is 0 Å². The van der Waals surface area contributed by atoms with Crippen molar-refractivity contribution in [3.63, 3.8) is 0 Å². The first-order valence-electron chi connectivity index (χ1n) is 4.85. The Bertz CT molecular complexity index is 352. The lowest BCUT2D eigenvalue weighted by Crippen LogP contribution is -2.32. The minimum absolute atomic E-state index is 0.115. The van der Waals surface area contributed by atoms with E-state index in [9.17, 15) is 13.6 Å². The lowest BCUT2D eigenvalue weighted by molar-refractivity contribution is -0.130. The Labute approximate surface area is 92.8 Å². The Hall–Kier alpha value is -1.65. The minimum Gasteiger partial charge on any atom is -0.399 e. The maximum atomic E-state index is 12.0. The number of hydrogen-bond donors (Lipinski definition) is 1. The van der Waals surface area contributed by atoms with E-state index in [2.05, 4.69) is 0 Å². The molecule has 88 valence electrons. The van der Waals surface area contributed by atoms with Crippen LogP contribution in [0.1, 0.15) is 5.56 Å². The summed E-state index contributed by atoms with van der Waals surface area (Å²) >= 11 is 0. The molecule has 0 saturated heterocycles. The van der Waals surface area contributed by atoms with Gasteiger partial charge in [-0.15, -0.1) is 0 Å². The van der Waals surface area contributed by atoms with E-state index in [-0.39, 0.29) is 12.3 Å². The number of hydrogen-bond acceptors (Lipinski definition) is 2. The van der Waals surface area contributed by atoms with Crippen molar-refractivity contribution < 1.29 is 13.6 Å². The number of alkyl halides is 2. The van der Waals surface area contributed by atoms with Crippen molar-refractivity contribution in [2.24, 2.45) is 0 Å². The van der Waals surface area contributed by atoms with E-state index in [1.807, 2.05) is 0 Å². The van der Waals surface area contributed by atoms with Gasteiger partial charge in [-0.05, 0) is 17.7 Å². The second-order valence-corrected chi connectivity index (χ2v) is 3.58. The van der Waals surface area contributed by atoms with Gasteiger partial charge in [-0.1, -0.05) is 12.1 Å². The predicted molar refractivity (Wildman–Crippen MR) is 58.2 cm³/mol. The third-order valence-corrected chi connectivity index (χ3v) is 2.17. The van der Waals surface area contributed by atoms with Crippen LogP contribution in [-0.2, 0) is 11.2 Å². The fourth-order valence-electron chi connectivity index (χ4n) is 1.25. The molecule has 1 amide bonds. The highest BCUT2D eigenvalue weighted by Crippen LogP contribution is 2.07. The monoisotopic (exact) mass is 228 g/mol. The van der Waals surface area contributed by atoms with Crippen LogP contribution in [0.5, 0.6) is 0 Å². The fourth-order valence-corrected chi connectivity index (χ4v) is 1.25. The standard InChI is InChI=1S/C11H14F2N2O/c1-15(7-10(12)13)11(16)6-8-2-4-9(14)5-3-8/h2-5,10H,6-7,14H2,1H3. The van der Waals surface area contributed by atoms with Gasteiger partial charge >= 0.3 is 0 Å². The van der Waals surface area contributed by atoms with Crippen molar-refractivity contribution in [2.45, 2.75) is 12.8 Å². The van der Waals surface area contributed by atoms with Crippen molar-refractivity contribution in [1.82, 2.24) is 4.90 Å². The molecule has 16 heavy (non-hydrogen) atoms. The number of likely N-dealkylation sites (N-methyl/N-ethyl adjacent to an activating group) is 1. The zero-order valence-corrected chi connectivity index (χ0v) is 8.99. The van der Waals surface area contributed by atoms with E-state index in [1.165, 1.54) is 7.05 Å². The summed E-state index contributed by atoms with van der Waals surface area (Å²) in [6.45, 7) is -0.534. The molecule has 0 unspecified atom stereocenters. The van der Waals surface area contributed by atoms with Gasteiger partial charge in [0.05, 0.1) is 13.0 Å². The summed E-state index contributed by atoms with van der Waals surface area (Å²) in [5.74, 6) is -0.329. The number of halogens is 2. The second-order valence-electron chi connectivity index (χ2n) is 3.58. The molecule has 0 atom stereocenters. The van der Waals surface area contributed by atoms with Gasteiger partial charge < -0.3 is 10.6 Å². The fraction of sp³-hybridized carbons (Fsp3) is 0.364. The zero-order valence-electron chi connectivity index (χ0n) is 8.99. The van der Waals surface area contributed by atoms with E-state index in [0.29, 0.717) is 5.69 Å². The van der Waals surface area contributed by atoms with Crippen LogP contribution < -0.4 is 5.73 Å². The molecule has 2 N–H and O–H groups in total. The first kappa shape index (κ1) is 12.4. The van der Waals surface area contributed by atoms with E-state index in [4.69, 9.17) is 5.73 Å². The molecule has 0 spiro atoms. The molecule has 0 heterocycles. The number of benzene rings is 1. The number of nitrogens with zero attached hydrogens (tertiary/aromatic N) is 1. The van der Waals surface area contributed by atoms with Crippen LogP contribution in [0.2, 0.25) is 0 Å². The van der Waals surface area contributed by atoms with Crippen molar-refractivity contribution in [3.8, 4) is 0 Å². The Balaban J connectivity index is 2.54. The Morgan fingerprint density at radius 2 is 1.94 bits per heavy atom. The molecule has 0 aliphatic carbocycles. The van der Waals surface area contributed by atoms with Crippen molar-refractivity contribution in [2.75, 3.05) is 19.3 Å². The molecular formula is C11H14F2N2O. The number of carbonyl (C=O) groups excluding carboxylic acids is 1. The number of amides is 1. The van der Waals surface area contributed by atoms with Crippen molar-refractivity contribution in [1.29, 1.82) is 0 Å². The first-order chi connectivity index (χ1) is 7.49. The molecule has 5 heteroatoms. The molecule has 0 aromatic heterocycles. The molecule has 0 fully saturated rings. The van der Waals surface area contributed by atoms with Gasteiger partial charge in [-0.2, -0.15) is 0 Å². The first-order valence-corrected chi connectivity index (χ1v) is 4.85. The molecule has 0 saturated carbocycles. The quantitative estimate of drug-likeness (QED) is 0.794. The van der Waals surface area contributed by atoms with E-state index < -0.39 is 13.0 Å². The summed E-state index contributed by atoms with van der Waals surface area (Å²) in [5, 5.41) is 0. The number of nitrogens with two attached hydrogens (primary N) is 1. The molecule has 0 aliphatic rings. The molecule has 1 aromatic carbocycles. The normalized spacial score (nSPS) is 10.5. The smallest absolute Gasteiger partial charge is 0.255 e. The summed E-state index contributed by atoms with van der Waals surface area (Å²) in [7, 11) is 1.37. The Morgan fingerprint density at radius 3 is 2.44 bits per heavy atom. The minimum atomic E-state index is -2.50. The summed E-state index contributed by atoms with van der Waals surface area (Å²) in [5.41, 5.74) is 6.86. The van der Waals surface area contributed by atoms with E-state index in [0.717, 1.165) is 10.5 Å². The topological polar surface area (TPSA) is 46.3 Å². The van der Waals surface area contributed by atoms with Crippen molar-refractivity contribution in [3.05, 3.63) is 29.8 Å². The SMILES string of the molecule is CN(CC(F)F)C(=O)Cc1ccc(N)cc1. The van der Waals surface area contributed by atoms with Crippen LogP contribution in [0.3, 0.4) is 0 Å². The highest BCUT2D eigenvalue weighted by molar-refractivity contribution is 5.78. The Kier molecular flexibility index (Phi) is 4.22. The van der Waals surface area contributed by atoms with Gasteiger partial charge in [-0.25, -0.2) is 8.78 Å². The highest BCUT2D eigenvalue weighted by Gasteiger charge is 2.13. The lowest BCUT2D eigenvalue weighted by atomic mass is 10.1. The van der Waals surface area contributed by atoms with Gasteiger partial charge in [0.1, 0.15) is 0 Å². The number of nitrogen functional groups attached to an aromatic ring is 1. The van der Waals surface area contributed by atoms with Crippen LogP contribution >= 0.6 is 0 Å². The van der Waals surface area contributed by atoms with Crippen LogP contribution in [0, 0.1) is 0 Å². The average Bonchev–Trinajstić information content (AvgIpc) is 2.20. The van der Waals surface area contributed by atoms with Gasteiger partial charge in [0, 0.05) is 12.7 Å². The molecule has 0 radical (unpaired) electrons. The third-order valence-electron chi connectivity index (χ3n) is 2.17. The molecular weight excluding hydrogens is 214 g/mol. The van der Waals surface area contributed by atoms with Crippen LogP contribution in [0.25, 0.3) is 0 Å². The summed E-state index contributed by atoms with van der Waals surface area (Å²) < 4.78 is 24.1. The van der Waals surface area contributed by atoms with Gasteiger partial charge in [0.2, 0.25) is 5.91 Å². The van der Waals surface area contributed by atoms with Crippen molar-refractivity contribution >= 4 is 11.6 Å². The largest absolute Gasteiger partial charge is 0.399 e. The van der Waals surface area contributed by atoms with Crippen LogP contribution in [0.15, 0.2) is 24.3 Å². The van der Waals surface area contributed by atoms with Crippen LogP contribution in [-0.4, -0.2) is 30.8 Å². The highest BCUT2D eigenvalue weighted by atomic mass is 19.3. The van der Waals surface area contributed by atoms with Gasteiger partial charge in [-0.3, -0.25) is 4.79 Å². The molecule has 1 rings (SSSR count). The Morgan fingerprint density at radius 1 is 1.38 bits per heavy atom. The maximum absolute atomic E-state index is 12.0. The second kappa shape index (κ2) is 5.44. The molecule has 1 aromatic rings. The number of rotatable bonds is 4. The number of carbonyl (C=O) groups is 1. The average molecular weight is 228 g/mol. The summed E-state index contributed by atoms with van der Waals surface area (Å²) in [6, 6.07) is 6.78. The summed E-state index contributed by atoms with van der Waals surface area (Å²) in [6.07, 6.45) is -2.39. The summed E-state index contributed by atoms with van der Waals surface area (Å²) in [4.78, 5) is 12.5. The molecule has 3 nitrogen and oxygen atoms in total. The third kappa shape index (κ3) is 3.84. The predicted octanol–water partition coefficient (Wildman–Crippen LogP) is 1.53. The van der Waals surface area contributed by atoms with Gasteiger partial charge in [0.25, 0.3) is 6.43 Å². The number of anilines is 1. The lowest BCUT2D eigenvalue weighted by Gasteiger charge is -2.16. The van der Waals surface area contributed by atoms with Crippen LogP contribution in [0.4, 0.5) is 14.5 Å². The maximum Gasteiger partial charge on any atom is 0.255 e.